The first-order valence-corrected chi connectivity index (χ1v) is 6.84. The van der Waals surface area contributed by atoms with Crippen molar-refractivity contribution in [2.24, 2.45) is 0 Å². The van der Waals surface area contributed by atoms with Crippen molar-refractivity contribution < 1.29 is 55.1 Å². The molecule has 1 rings (SSSR count). The molecule has 0 radical (unpaired) electrons. The van der Waals surface area contributed by atoms with Crippen molar-refractivity contribution in [1.29, 1.82) is 0 Å². The smallest absolute Gasteiger partial charge is 0.187 e. The maximum absolute atomic E-state index is 10.5. The lowest BCUT2D eigenvalue weighted by atomic mass is 9.98. The molecule has 11 heteroatoms. The van der Waals surface area contributed by atoms with Gasteiger partial charge in [-0.15, -0.1) is 0 Å². The van der Waals surface area contributed by atoms with Gasteiger partial charge in [-0.3, -0.25) is 0 Å². The van der Waals surface area contributed by atoms with Gasteiger partial charge in [0.1, 0.15) is 48.8 Å². The summed E-state index contributed by atoms with van der Waals surface area (Å²) in [5, 5.41) is 75.7. The molecule has 8 N–H and O–H groups in total. The van der Waals surface area contributed by atoms with Crippen LogP contribution in [0.4, 0.5) is 0 Å². The Balaban J connectivity index is 2.91. The second-order valence-corrected chi connectivity index (χ2v) is 5.17. The van der Waals surface area contributed by atoms with Crippen molar-refractivity contribution in [3.63, 3.8) is 0 Å². The molecule has 9 atom stereocenters. The Kier molecular flexibility index (Phi) is 7.89. The fourth-order valence-corrected chi connectivity index (χ4v) is 2.11. The van der Waals surface area contributed by atoms with Gasteiger partial charge in [0.2, 0.25) is 0 Å². The summed E-state index contributed by atoms with van der Waals surface area (Å²) in [6, 6.07) is 0. The topological polar surface area (TPSA) is 197 Å². The highest BCUT2D eigenvalue weighted by atomic mass is 16.7. The SMILES string of the molecule is O=C[C@@H](O)[C@H](O)[C@H](O[C@@H]1O[C@H](CO)[C@@H](O)[C@H](O)[C@H]1O)[C@H](O)CO. The molecule has 0 bridgehead atoms. The summed E-state index contributed by atoms with van der Waals surface area (Å²) >= 11 is 0. The fourth-order valence-electron chi connectivity index (χ4n) is 2.11. The molecular weight excluding hydrogens is 320 g/mol. The highest BCUT2D eigenvalue weighted by molar-refractivity contribution is 5.56. The predicted octanol–water partition coefficient (Wildman–Crippen LogP) is -5.55. The van der Waals surface area contributed by atoms with Crippen LogP contribution in [0.1, 0.15) is 0 Å². The summed E-state index contributed by atoms with van der Waals surface area (Å²) in [5.41, 5.74) is 0. The molecule has 1 aliphatic rings. The van der Waals surface area contributed by atoms with E-state index in [9.17, 15) is 35.4 Å². The molecule has 0 aliphatic carbocycles. The van der Waals surface area contributed by atoms with Gasteiger partial charge in [-0.2, -0.15) is 0 Å². The van der Waals surface area contributed by atoms with E-state index >= 15 is 0 Å². The normalized spacial score (nSPS) is 37.0. The number of aliphatic hydroxyl groups excluding tert-OH is 8. The molecule has 0 spiro atoms. The molecule has 1 aliphatic heterocycles. The zero-order valence-electron chi connectivity index (χ0n) is 12.0. The number of carbonyl (C=O) groups excluding carboxylic acids is 1. The number of rotatable bonds is 8. The van der Waals surface area contributed by atoms with Gasteiger partial charge in [-0.05, 0) is 0 Å². The van der Waals surface area contributed by atoms with Crippen LogP contribution in [0.2, 0.25) is 0 Å². The van der Waals surface area contributed by atoms with Crippen molar-refractivity contribution in [3.8, 4) is 0 Å². The zero-order valence-corrected chi connectivity index (χ0v) is 12.0. The van der Waals surface area contributed by atoms with Gasteiger partial charge in [-0.1, -0.05) is 0 Å². The van der Waals surface area contributed by atoms with Crippen LogP contribution >= 0.6 is 0 Å². The monoisotopic (exact) mass is 342 g/mol. The Bertz CT molecular complexity index is 365. The number of hydrogen-bond donors (Lipinski definition) is 8. The van der Waals surface area contributed by atoms with E-state index in [0.29, 0.717) is 0 Å². The van der Waals surface area contributed by atoms with Gasteiger partial charge in [0.25, 0.3) is 0 Å². The molecular formula is C12H22O11. The zero-order chi connectivity index (χ0) is 17.7. The standard InChI is InChI=1S/C12H22O11/c13-1-4(16)7(18)11(5(17)2-14)23-12-10(21)9(20)8(19)6(3-15)22-12/h1,4-12,14-21H,2-3H2/t4-,5-,6-,7+,8-,9+,10-,11-,12+/m1/s1. The van der Waals surface area contributed by atoms with Gasteiger partial charge in [0.05, 0.1) is 13.2 Å². The lowest BCUT2D eigenvalue weighted by molar-refractivity contribution is -0.326. The number of ether oxygens (including phenoxy) is 2. The van der Waals surface area contributed by atoms with Gasteiger partial charge in [0.15, 0.2) is 12.6 Å². The maximum atomic E-state index is 10.5. The summed E-state index contributed by atoms with van der Waals surface area (Å²) in [4.78, 5) is 10.5. The second-order valence-electron chi connectivity index (χ2n) is 5.17. The summed E-state index contributed by atoms with van der Waals surface area (Å²) in [6.45, 7) is -1.64. The lowest BCUT2D eigenvalue weighted by Crippen LogP contribution is -2.61. The van der Waals surface area contributed by atoms with Crippen molar-refractivity contribution >= 4 is 6.29 Å². The lowest BCUT2D eigenvalue weighted by Gasteiger charge is -2.42. The van der Waals surface area contributed by atoms with E-state index in [2.05, 4.69) is 0 Å². The van der Waals surface area contributed by atoms with E-state index in [1.165, 1.54) is 0 Å². The van der Waals surface area contributed by atoms with E-state index in [0.717, 1.165) is 0 Å². The molecule has 23 heavy (non-hydrogen) atoms. The van der Waals surface area contributed by atoms with Gasteiger partial charge in [-0.25, -0.2) is 0 Å². The minimum absolute atomic E-state index is 0.0294. The van der Waals surface area contributed by atoms with Gasteiger partial charge in [0, 0.05) is 0 Å². The molecule has 1 saturated heterocycles. The quantitative estimate of drug-likeness (QED) is 0.196. The van der Waals surface area contributed by atoms with Crippen molar-refractivity contribution in [3.05, 3.63) is 0 Å². The number of aldehydes is 1. The molecule has 0 amide bonds. The van der Waals surface area contributed by atoms with Crippen molar-refractivity contribution in [1.82, 2.24) is 0 Å². The Morgan fingerprint density at radius 2 is 1.65 bits per heavy atom. The highest BCUT2D eigenvalue weighted by Crippen LogP contribution is 2.24. The van der Waals surface area contributed by atoms with E-state index in [-0.39, 0.29) is 6.29 Å². The average Bonchev–Trinajstić information content (AvgIpc) is 2.57. The molecule has 1 heterocycles. The highest BCUT2D eigenvalue weighted by Gasteiger charge is 2.46. The third-order valence-electron chi connectivity index (χ3n) is 3.53. The Labute approximate surface area is 130 Å². The fraction of sp³-hybridized carbons (Fsp3) is 0.917. The maximum Gasteiger partial charge on any atom is 0.187 e. The Hall–Kier alpha value is -0.730. The molecule has 11 nitrogen and oxygen atoms in total. The molecule has 0 saturated carbocycles. The van der Waals surface area contributed by atoms with E-state index in [1.54, 1.807) is 0 Å². The van der Waals surface area contributed by atoms with E-state index in [4.69, 9.17) is 19.7 Å². The molecule has 0 aromatic heterocycles. The van der Waals surface area contributed by atoms with Gasteiger partial charge < -0.3 is 55.1 Å². The van der Waals surface area contributed by atoms with Crippen LogP contribution in [0.3, 0.4) is 0 Å². The Morgan fingerprint density at radius 3 is 2.13 bits per heavy atom. The van der Waals surface area contributed by atoms with Crippen LogP contribution in [-0.2, 0) is 14.3 Å². The molecule has 136 valence electrons. The van der Waals surface area contributed by atoms with E-state index in [1.807, 2.05) is 0 Å². The number of carbonyl (C=O) groups is 1. The van der Waals surface area contributed by atoms with E-state index < -0.39 is 68.3 Å². The third kappa shape index (κ3) is 4.64. The molecule has 1 fully saturated rings. The summed E-state index contributed by atoms with van der Waals surface area (Å²) in [7, 11) is 0. The van der Waals surface area contributed by atoms with Crippen LogP contribution in [0, 0.1) is 0 Å². The van der Waals surface area contributed by atoms with Crippen LogP contribution < -0.4 is 0 Å². The van der Waals surface area contributed by atoms with Gasteiger partial charge >= 0.3 is 0 Å². The number of hydrogen-bond acceptors (Lipinski definition) is 11. The van der Waals surface area contributed by atoms with Crippen LogP contribution in [0.5, 0.6) is 0 Å². The average molecular weight is 342 g/mol. The van der Waals surface area contributed by atoms with Crippen LogP contribution in [0.15, 0.2) is 0 Å². The first kappa shape index (κ1) is 20.3. The minimum atomic E-state index is -1.97. The summed E-state index contributed by atoms with van der Waals surface area (Å²) < 4.78 is 10.1. The first-order valence-electron chi connectivity index (χ1n) is 6.84. The largest absolute Gasteiger partial charge is 0.394 e. The molecule has 0 aromatic rings. The first-order chi connectivity index (χ1) is 10.8. The van der Waals surface area contributed by atoms with Crippen molar-refractivity contribution in [2.75, 3.05) is 13.2 Å². The number of aliphatic hydroxyl groups is 8. The summed E-state index contributed by atoms with van der Waals surface area (Å²) in [5.74, 6) is 0. The second kappa shape index (κ2) is 8.94. The molecule has 0 unspecified atom stereocenters. The van der Waals surface area contributed by atoms with Crippen LogP contribution in [0.25, 0.3) is 0 Å². The minimum Gasteiger partial charge on any atom is -0.394 e. The molecule has 0 aromatic carbocycles. The third-order valence-corrected chi connectivity index (χ3v) is 3.53. The summed E-state index contributed by atoms with van der Waals surface area (Å²) in [6.07, 6.45) is -15.7. The Morgan fingerprint density at radius 1 is 1.04 bits per heavy atom. The van der Waals surface area contributed by atoms with Crippen molar-refractivity contribution in [2.45, 2.75) is 55.1 Å². The van der Waals surface area contributed by atoms with Crippen LogP contribution in [-0.4, -0.2) is 115 Å². The predicted molar refractivity (Wildman–Crippen MR) is 69.8 cm³/mol.